The molecule has 8 nitrogen and oxygen atoms in total. The van der Waals surface area contributed by atoms with Crippen LogP contribution < -0.4 is 15.8 Å². The number of carbonyl (C=O) groups excluding carboxylic acids is 2. The molecule has 0 spiro atoms. The number of nitrogens with two attached hydrogens (primary N) is 1. The first kappa shape index (κ1) is 20.6. The van der Waals surface area contributed by atoms with Crippen LogP contribution in [0.15, 0.2) is 54.9 Å². The van der Waals surface area contributed by atoms with Gasteiger partial charge in [0.2, 0.25) is 5.88 Å². The standard InChI is InChI=1S/C23H25N5O3/c1-15-20(14-26-28(15)17-6-3-2-4-7-17)22(30)27-16-9-11-18(12-10-16)31-23-19(21(24)29)8-5-13-25-23/h2-8,13-14,16,18H,9-12H2,1H3,(H2,24,29)(H,27,30)/t16-,18-. The molecule has 3 N–H and O–H groups in total. The highest BCUT2D eigenvalue weighted by Gasteiger charge is 2.26. The predicted octanol–water partition coefficient (Wildman–Crippen LogP) is 2.79. The molecule has 1 fully saturated rings. The van der Waals surface area contributed by atoms with Crippen LogP contribution in [-0.4, -0.2) is 38.7 Å². The van der Waals surface area contributed by atoms with Gasteiger partial charge in [-0.1, -0.05) is 18.2 Å². The second-order valence-electron chi connectivity index (χ2n) is 7.68. The Kier molecular flexibility index (Phi) is 5.97. The molecule has 160 valence electrons. The zero-order valence-electron chi connectivity index (χ0n) is 17.3. The lowest BCUT2D eigenvalue weighted by Crippen LogP contribution is -2.40. The lowest BCUT2D eigenvalue weighted by molar-refractivity contribution is 0.0880. The molecule has 4 rings (SSSR count). The van der Waals surface area contributed by atoms with Gasteiger partial charge in [0.1, 0.15) is 11.7 Å². The largest absolute Gasteiger partial charge is 0.474 e. The summed E-state index contributed by atoms with van der Waals surface area (Å²) in [7, 11) is 0. The van der Waals surface area contributed by atoms with E-state index in [0.717, 1.165) is 37.1 Å². The maximum atomic E-state index is 12.8. The number of rotatable bonds is 6. The number of nitrogens with zero attached hydrogens (tertiary/aromatic N) is 3. The van der Waals surface area contributed by atoms with Crippen molar-refractivity contribution >= 4 is 11.8 Å². The molecule has 2 aromatic heterocycles. The van der Waals surface area contributed by atoms with E-state index in [1.165, 1.54) is 0 Å². The van der Waals surface area contributed by atoms with Gasteiger partial charge >= 0.3 is 0 Å². The minimum atomic E-state index is -0.560. The second-order valence-corrected chi connectivity index (χ2v) is 7.68. The average Bonchev–Trinajstić information content (AvgIpc) is 3.17. The lowest BCUT2D eigenvalue weighted by Gasteiger charge is -2.29. The number of carbonyl (C=O) groups is 2. The summed E-state index contributed by atoms with van der Waals surface area (Å²) in [6.07, 6.45) is 6.18. The third-order valence-electron chi connectivity index (χ3n) is 5.58. The van der Waals surface area contributed by atoms with Crippen molar-refractivity contribution in [1.29, 1.82) is 0 Å². The number of primary amides is 1. The zero-order valence-corrected chi connectivity index (χ0v) is 17.3. The van der Waals surface area contributed by atoms with Crippen LogP contribution in [-0.2, 0) is 0 Å². The fourth-order valence-corrected chi connectivity index (χ4v) is 3.88. The Morgan fingerprint density at radius 3 is 2.52 bits per heavy atom. The second kappa shape index (κ2) is 8.99. The van der Waals surface area contributed by atoms with Crippen LogP contribution in [0.1, 0.15) is 52.1 Å². The van der Waals surface area contributed by atoms with Crippen LogP contribution in [0.4, 0.5) is 0 Å². The molecule has 0 radical (unpaired) electrons. The molecule has 2 amide bonds. The summed E-state index contributed by atoms with van der Waals surface area (Å²) in [5.41, 5.74) is 7.96. The van der Waals surface area contributed by atoms with Crippen molar-refractivity contribution in [2.75, 3.05) is 0 Å². The summed E-state index contributed by atoms with van der Waals surface area (Å²) in [5.74, 6) is -0.410. The molecular formula is C23H25N5O3. The van der Waals surface area contributed by atoms with Gasteiger partial charge in [-0.25, -0.2) is 9.67 Å². The summed E-state index contributed by atoms with van der Waals surface area (Å²) in [4.78, 5) is 28.5. The summed E-state index contributed by atoms with van der Waals surface area (Å²) in [6.45, 7) is 1.89. The Morgan fingerprint density at radius 1 is 1.06 bits per heavy atom. The number of benzene rings is 1. The first-order chi connectivity index (χ1) is 15.0. The Bertz CT molecular complexity index is 1070. The van der Waals surface area contributed by atoms with Crippen molar-refractivity contribution in [3.8, 4) is 11.6 Å². The van der Waals surface area contributed by atoms with Gasteiger partial charge < -0.3 is 15.8 Å². The SMILES string of the molecule is Cc1c(C(=O)N[C@H]2CC[C@H](Oc3ncccc3C(N)=O)CC2)cnn1-c1ccccc1. The normalized spacial score (nSPS) is 18.4. The fraction of sp³-hybridized carbons (Fsp3) is 0.304. The summed E-state index contributed by atoms with van der Waals surface area (Å²) in [5, 5.41) is 7.49. The maximum absolute atomic E-state index is 12.8. The average molecular weight is 419 g/mol. The van der Waals surface area contributed by atoms with Crippen molar-refractivity contribution < 1.29 is 14.3 Å². The molecule has 0 aliphatic heterocycles. The van der Waals surface area contributed by atoms with Gasteiger partial charge in [-0.2, -0.15) is 5.10 Å². The van der Waals surface area contributed by atoms with E-state index in [9.17, 15) is 9.59 Å². The molecule has 1 saturated carbocycles. The van der Waals surface area contributed by atoms with Crippen molar-refractivity contribution in [1.82, 2.24) is 20.1 Å². The van der Waals surface area contributed by atoms with E-state index in [-0.39, 0.29) is 29.5 Å². The minimum Gasteiger partial charge on any atom is -0.474 e. The van der Waals surface area contributed by atoms with Crippen LogP contribution in [0.2, 0.25) is 0 Å². The van der Waals surface area contributed by atoms with Crippen LogP contribution in [0.25, 0.3) is 5.69 Å². The Hall–Kier alpha value is -3.68. The van der Waals surface area contributed by atoms with Crippen molar-refractivity contribution in [3.05, 3.63) is 71.7 Å². The third kappa shape index (κ3) is 4.58. The summed E-state index contributed by atoms with van der Waals surface area (Å²) in [6, 6.07) is 13.0. The number of para-hydroxylation sites is 1. The molecule has 31 heavy (non-hydrogen) atoms. The molecule has 0 saturated heterocycles. The predicted molar refractivity (Wildman–Crippen MR) is 115 cm³/mol. The van der Waals surface area contributed by atoms with Crippen molar-refractivity contribution in [2.45, 2.75) is 44.8 Å². The van der Waals surface area contributed by atoms with Crippen LogP contribution in [0.3, 0.4) is 0 Å². The van der Waals surface area contributed by atoms with E-state index in [1.807, 2.05) is 37.3 Å². The molecular weight excluding hydrogens is 394 g/mol. The van der Waals surface area contributed by atoms with Gasteiger partial charge in [-0.15, -0.1) is 0 Å². The van der Waals surface area contributed by atoms with E-state index in [1.54, 1.807) is 29.2 Å². The van der Waals surface area contributed by atoms with E-state index < -0.39 is 5.91 Å². The van der Waals surface area contributed by atoms with Gasteiger partial charge in [0, 0.05) is 12.2 Å². The van der Waals surface area contributed by atoms with Gasteiger partial charge in [0.05, 0.1) is 23.1 Å². The van der Waals surface area contributed by atoms with Crippen molar-refractivity contribution in [3.63, 3.8) is 0 Å². The molecule has 0 atom stereocenters. The number of amides is 2. The highest BCUT2D eigenvalue weighted by Crippen LogP contribution is 2.25. The molecule has 0 bridgehead atoms. The highest BCUT2D eigenvalue weighted by molar-refractivity contribution is 5.95. The lowest BCUT2D eigenvalue weighted by atomic mass is 9.92. The third-order valence-corrected chi connectivity index (χ3v) is 5.58. The molecule has 0 unspecified atom stereocenters. The maximum Gasteiger partial charge on any atom is 0.254 e. The van der Waals surface area contributed by atoms with Crippen molar-refractivity contribution in [2.24, 2.45) is 5.73 Å². The smallest absolute Gasteiger partial charge is 0.254 e. The topological polar surface area (TPSA) is 112 Å². The van der Waals surface area contributed by atoms with Gasteiger partial charge in [-0.05, 0) is 56.9 Å². The first-order valence-electron chi connectivity index (χ1n) is 10.4. The zero-order chi connectivity index (χ0) is 21.8. The number of pyridine rings is 1. The fourth-order valence-electron chi connectivity index (χ4n) is 3.88. The van der Waals surface area contributed by atoms with Gasteiger partial charge in [-0.3, -0.25) is 9.59 Å². The highest BCUT2D eigenvalue weighted by atomic mass is 16.5. The quantitative estimate of drug-likeness (QED) is 0.638. The summed E-state index contributed by atoms with van der Waals surface area (Å²) < 4.78 is 7.69. The summed E-state index contributed by atoms with van der Waals surface area (Å²) >= 11 is 0. The number of ether oxygens (including phenoxy) is 1. The van der Waals surface area contributed by atoms with Crippen LogP contribution in [0.5, 0.6) is 5.88 Å². The molecule has 2 heterocycles. The Balaban J connectivity index is 1.34. The first-order valence-corrected chi connectivity index (χ1v) is 10.4. The molecule has 1 aromatic carbocycles. The van der Waals surface area contributed by atoms with E-state index >= 15 is 0 Å². The number of hydrogen-bond acceptors (Lipinski definition) is 5. The number of aromatic nitrogens is 3. The number of nitrogens with one attached hydrogen (secondary N) is 1. The van der Waals surface area contributed by atoms with Gasteiger partial charge in [0.25, 0.3) is 11.8 Å². The number of hydrogen-bond donors (Lipinski definition) is 2. The molecule has 8 heteroatoms. The molecule has 1 aliphatic carbocycles. The van der Waals surface area contributed by atoms with Crippen LogP contribution >= 0.6 is 0 Å². The van der Waals surface area contributed by atoms with Crippen LogP contribution in [0, 0.1) is 6.92 Å². The molecule has 1 aliphatic rings. The van der Waals surface area contributed by atoms with Gasteiger partial charge in [0.15, 0.2) is 0 Å². The Labute approximate surface area is 180 Å². The minimum absolute atomic E-state index is 0.0613. The van der Waals surface area contributed by atoms with E-state index in [0.29, 0.717) is 5.56 Å². The Morgan fingerprint density at radius 2 is 1.81 bits per heavy atom. The molecule has 3 aromatic rings. The van der Waals surface area contributed by atoms with E-state index in [4.69, 9.17) is 10.5 Å². The monoisotopic (exact) mass is 419 g/mol. The van der Waals surface area contributed by atoms with E-state index in [2.05, 4.69) is 15.4 Å².